The maximum Gasteiger partial charge on any atom is 0.193 e. The molecule has 0 fully saturated rings. The topological polar surface area (TPSA) is 82.0 Å². The summed E-state index contributed by atoms with van der Waals surface area (Å²) in [5.41, 5.74) is 7.59. The first-order valence-corrected chi connectivity index (χ1v) is 8.63. The number of ether oxygens (including phenoxy) is 2. The number of nitrogens with two attached hydrogens (primary N) is 1. The van der Waals surface area contributed by atoms with Gasteiger partial charge in [0.1, 0.15) is 29.4 Å². The lowest BCUT2D eigenvalue weighted by Crippen LogP contribution is -2.23. The number of hydrogen-bond donors (Lipinski definition) is 2. The van der Waals surface area contributed by atoms with Crippen LogP contribution in [0.3, 0.4) is 0 Å². The molecule has 27 heavy (non-hydrogen) atoms. The summed E-state index contributed by atoms with van der Waals surface area (Å²) in [6, 6.07) is 15.4. The molecule has 0 saturated heterocycles. The van der Waals surface area contributed by atoms with Gasteiger partial charge in [0.15, 0.2) is 5.96 Å². The molecule has 0 radical (unpaired) electrons. The second-order valence-electron chi connectivity index (χ2n) is 5.60. The number of guanidine groups is 1. The first-order chi connectivity index (χ1) is 12.7. The van der Waals surface area contributed by atoms with Gasteiger partial charge in [-0.15, -0.1) is 24.0 Å². The van der Waals surface area contributed by atoms with Crippen LogP contribution in [-0.2, 0) is 6.54 Å². The van der Waals surface area contributed by atoms with Crippen LogP contribution in [0.15, 0.2) is 57.9 Å². The predicted molar refractivity (Wildman–Crippen MR) is 119 cm³/mol. The number of aliphatic imine (C=N–C) groups is 1. The number of hydrogen-bond acceptors (Lipinski definition) is 4. The summed E-state index contributed by atoms with van der Waals surface area (Å²) < 4.78 is 16.9. The van der Waals surface area contributed by atoms with E-state index in [4.69, 9.17) is 19.6 Å². The highest BCUT2D eigenvalue weighted by atomic mass is 127. The number of nitrogens with one attached hydrogen (secondary N) is 1. The molecule has 0 bridgehead atoms. The molecule has 1 aromatic heterocycles. The van der Waals surface area contributed by atoms with Crippen molar-refractivity contribution in [2.75, 3.05) is 18.5 Å². The highest BCUT2D eigenvalue weighted by molar-refractivity contribution is 14.0. The fraction of sp³-hybridized carbons (Fsp3) is 0.250. The van der Waals surface area contributed by atoms with E-state index in [1.54, 1.807) is 0 Å². The van der Waals surface area contributed by atoms with Crippen molar-refractivity contribution in [1.29, 1.82) is 0 Å². The number of halogens is 1. The summed E-state index contributed by atoms with van der Waals surface area (Å²) in [6.45, 7) is 5.36. The van der Waals surface area contributed by atoms with Crippen LogP contribution in [0.25, 0.3) is 11.0 Å². The Balaban J connectivity index is 0.00000261. The van der Waals surface area contributed by atoms with Crippen molar-refractivity contribution < 1.29 is 13.9 Å². The quantitative estimate of drug-likeness (QED) is 0.289. The fourth-order valence-corrected chi connectivity index (χ4v) is 2.60. The van der Waals surface area contributed by atoms with Crippen LogP contribution in [0.5, 0.6) is 11.5 Å². The zero-order valence-electron chi connectivity index (χ0n) is 15.4. The SMILES string of the molecule is CCOc1ccc(OCC)c(NC(N)=NCc2cc3ccccc3o2)c1.I. The maximum atomic E-state index is 6.04. The van der Waals surface area contributed by atoms with Gasteiger partial charge in [-0.1, -0.05) is 18.2 Å². The number of nitrogens with zero attached hydrogens (tertiary/aromatic N) is 1. The molecule has 0 aliphatic carbocycles. The minimum atomic E-state index is 0. The average molecular weight is 481 g/mol. The van der Waals surface area contributed by atoms with Crippen molar-refractivity contribution in [1.82, 2.24) is 0 Å². The van der Waals surface area contributed by atoms with Crippen molar-refractivity contribution in [2.24, 2.45) is 10.7 Å². The molecular weight excluding hydrogens is 457 g/mol. The number of para-hydroxylation sites is 1. The smallest absolute Gasteiger partial charge is 0.193 e. The Bertz CT molecular complexity index is 875. The Morgan fingerprint density at radius 2 is 1.85 bits per heavy atom. The average Bonchev–Trinajstić information content (AvgIpc) is 3.05. The first-order valence-electron chi connectivity index (χ1n) is 8.63. The van der Waals surface area contributed by atoms with E-state index in [1.165, 1.54) is 0 Å². The van der Waals surface area contributed by atoms with Crippen LogP contribution in [0.4, 0.5) is 5.69 Å². The van der Waals surface area contributed by atoms with E-state index in [-0.39, 0.29) is 29.9 Å². The summed E-state index contributed by atoms with van der Waals surface area (Å²) in [6.07, 6.45) is 0. The summed E-state index contributed by atoms with van der Waals surface area (Å²) in [4.78, 5) is 4.36. The van der Waals surface area contributed by atoms with Crippen LogP contribution >= 0.6 is 24.0 Å². The third-order valence-corrected chi connectivity index (χ3v) is 3.71. The van der Waals surface area contributed by atoms with E-state index in [2.05, 4.69) is 10.3 Å². The normalized spacial score (nSPS) is 11.1. The molecule has 0 unspecified atom stereocenters. The summed E-state index contributed by atoms with van der Waals surface area (Å²) in [5.74, 6) is 2.46. The molecule has 3 N–H and O–H groups in total. The van der Waals surface area contributed by atoms with Crippen molar-refractivity contribution >= 4 is 46.6 Å². The highest BCUT2D eigenvalue weighted by Crippen LogP contribution is 2.29. The Labute approximate surface area is 175 Å². The lowest BCUT2D eigenvalue weighted by molar-refractivity contribution is 0.332. The number of benzene rings is 2. The van der Waals surface area contributed by atoms with E-state index < -0.39 is 0 Å². The van der Waals surface area contributed by atoms with Gasteiger partial charge in [-0.05, 0) is 38.1 Å². The van der Waals surface area contributed by atoms with E-state index in [0.29, 0.717) is 31.2 Å². The minimum Gasteiger partial charge on any atom is -0.494 e. The second kappa shape index (κ2) is 10.1. The van der Waals surface area contributed by atoms with E-state index >= 15 is 0 Å². The van der Waals surface area contributed by atoms with Gasteiger partial charge in [0.25, 0.3) is 0 Å². The van der Waals surface area contributed by atoms with Crippen LogP contribution in [0.1, 0.15) is 19.6 Å². The van der Waals surface area contributed by atoms with Crippen molar-refractivity contribution in [3.63, 3.8) is 0 Å². The highest BCUT2D eigenvalue weighted by Gasteiger charge is 2.08. The standard InChI is InChI=1S/C20H23N3O3.HI/c1-3-24-15-9-10-19(25-4-2)17(12-15)23-20(21)22-13-16-11-14-7-5-6-8-18(14)26-16;/h5-12H,3-4,13H2,1-2H3,(H3,21,22,23);1H. The fourth-order valence-electron chi connectivity index (χ4n) is 2.60. The molecule has 3 aromatic rings. The molecule has 1 heterocycles. The van der Waals surface area contributed by atoms with E-state index in [0.717, 1.165) is 22.5 Å². The van der Waals surface area contributed by atoms with Gasteiger partial charge in [-0.3, -0.25) is 0 Å². The van der Waals surface area contributed by atoms with Crippen LogP contribution < -0.4 is 20.5 Å². The predicted octanol–water partition coefficient (Wildman–Crippen LogP) is 4.78. The summed E-state index contributed by atoms with van der Waals surface area (Å²) in [5, 5.41) is 4.13. The second-order valence-corrected chi connectivity index (χ2v) is 5.60. The zero-order valence-corrected chi connectivity index (χ0v) is 17.7. The maximum absolute atomic E-state index is 6.04. The summed E-state index contributed by atoms with van der Waals surface area (Å²) in [7, 11) is 0. The number of furan rings is 1. The Kier molecular flexibility index (Phi) is 7.78. The van der Waals surface area contributed by atoms with E-state index in [1.807, 2.05) is 62.4 Å². The molecule has 3 rings (SSSR count). The van der Waals surface area contributed by atoms with Gasteiger partial charge >= 0.3 is 0 Å². The molecule has 2 aromatic carbocycles. The van der Waals surface area contributed by atoms with Gasteiger partial charge in [0, 0.05) is 11.5 Å². The third kappa shape index (κ3) is 5.53. The van der Waals surface area contributed by atoms with Crippen LogP contribution in [0.2, 0.25) is 0 Å². The van der Waals surface area contributed by atoms with Gasteiger partial charge in [0.05, 0.1) is 18.9 Å². The van der Waals surface area contributed by atoms with Gasteiger partial charge in [-0.2, -0.15) is 0 Å². The van der Waals surface area contributed by atoms with Crippen LogP contribution in [-0.4, -0.2) is 19.2 Å². The van der Waals surface area contributed by atoms with Gasteiger partial charge in [-0.25, -0.2) is 4.99 Å². The molecule has 0 atom stereocenters. The van der Waals surface area contributed by atoms with Gasteiger partial charge < -0.3 is 24.9 Å². The van der Waals surface area contributed by atoms with Crippen molar-refractivity contribution in [3.05, 3.63) is 54.3 Å². The lowest BCUT2D eigenvalue weighted by atomic mass is 10.2. The minimum absolute atomic E-state index is 0. The molecule has 144 valence electrons. The molecule has 0 aliphatic rings. The monoisotopic (exact) mass is 481 g/mol. The Morgan fingerprint density at radius 1 is 1.07 bits per heavy atom. The Morgan fingerprint density at radius 3 is 2.59 bits per heavy atom. The first kappa shape index (κ1) is 20.9. The van der Waals surface area contributed by atoms with Crippen molar-refractivity contribution in [3.8, 4) is 11.5 Å². The molecular formula is C20H24IN3O3. The summed E-state index contributed by atoms with van der Waals surface area (Å²) >= 11 is 0. The van der Waals surface area contributed by atoms with Crippen molar-refractivity contribution in [2.45, 2.75) is 20.4 Å². The Hall–Kier alpha value is -2.42. The number of fused-ring (bicyclic) bond motifs is 1. The molecule has 0 saturated carbocycles. The number of rotatable bonds is 7. The molecule has 0 amide bonds. The van der Waals surface area contributed by atoms with Gasteiger partial charge in [0.2, 0.25) is 0 Å². The lowest BCUT2D eigenvalue weighted by Gasteiger charge is -2.13. The molecule has 6 nitrogen and oxygen atoms in total. The number of anilines is 1. The molecule has 0 aliphatic heterocycles. The molecule has 7 heteroatoms. The van der Waals surface area contributed by atoms with E-state index in [9.17, 15) is 0 Å². The largest absolute Gasteiger partial charge is 0.494 e. The zero-order chi connectivity index (χ0) is 18.4. The third-order valence-electron chi connectivity index (χ3n) is 3.71. The molecule has 0 spiro atoms. The van der Waals surface area contributed by atoms with Crippen LogP contribution in [0, 0.1) is 0 Å².